The monoisotopic (exact) mass is 300 g/mol. The molecule has 1 aliphatic heterocycles. The molecule has 1 aliphatic rings. The van der Waals surface area contributed by atoms with Gasteiger partial charge in [-0.1, -0.05) is 0 Å². The fourth-order valence-electron chi connectivity index (χ4n) is 2.08. The van der Waals surface area contributed by atoms with E-state index in [9.17, 15) is 0 Å². The van der Waals surface area contributed by atoms with E-state index in [0.717, 1.165) is 42.0 Å². The molecular weight excluding hydrogens is 284 g/mol. The van der Waals surface area contributed by atoms with Crippen LogP contribution in [0, 0.1) is 0 Å². The minimum atomic E-state index is 0.295. The number of aromatic nitrogens is 2. The lowest BCUT2D eigenvalue weighted by Crippen LogP contribution is -2.40. The van der Waals surface area contributed by atoms with Crippen LogP contribution in [0.2, 0.25) is 0 Å². The van der Waals surface area contributed by atoms with Gasteiger partial charge in [-0.2, -0.15) is 0 Å². The molecule has 0 aromatic carbocycles. The average Bonchev–Trinajstić information content (AvgIpc) is 2.39. The van der Waals surface area contributed by atoms with Crippen LogP contribution in [0.15, 0.2) is 10.8 Å². The number of nitrogens with one attached hydrogen (secondary N) is 1. The maximum Gasteiger partial charge on any atom is 0.148 e. The molecule has 0 radical (unpaired) electrons. The number of hydrogen-bond acceptors (Lipinski definition) is 5. The van der Waals surface area contributed by atoms with Crippen LogP contribution in [0.25, 0.3) is 0 Å². The lowest BCUT2D eigenvalue weighted by atomic mass is 10.1. The van der Waals surface area contributed by atoms with E-state index >= 15 is 0 Å². The zero-order valence-corrected chi connectivity index (χ0v) is 11.7. The standard InChI is InChI=1S/C11H17BrN4O/c1-13-10-9(12)11(15-7-14-10)16-5-3-4-8(6-16)17-2/h7-8H,3-6H2,1-2H3,(H,13,14,15). The van der Waals surface area contributed by atoms with Gasteiger partial charge in [0, 0.05) is 27.2 Å². The van der Waals surface area contributed by atoms with E-state index < -0.39 is 0 Å². The number of halogens is 1. The van der Waals surface area contributed by atoms with Gasteiger partial charge in [-0.05, 0) is 28.8 Å². The third-order valence-corrected chi connectivity index (χ3v) is 3.75. The Morgan fingerprint density at radius 2 is 2.35 bits per heavy atom. The molecular formula is C11H17BrN4O. The van der Waals surface area contributed by atoms with Gasteiger partial charge in [0.25, 0.3) is 0 Å². The van der Waals surface area contributed by atoms with Crippen molar-refractivity contribution in [3.05, 3.63) is 10.8 Å². The molecule has 1 aromatic rings. The average molecular weight is 301 g/mol. The SMILES string of the molecule is CNc1ncnc(N2CCCC(OC)C2)c1Br. The van der Waals surface area contributed by atoms with Crippen molar-refractivity contribution in [2.75, 3.05) is 37.5 Å². The van der Waals surface area contributed by atoms with E-state index in [0.29, 0.717) is 6.10 Å². The first kappa shape index (κ1) is 12.6. The van der Waals surface area contributed by atoms with Crippen LogP contribution in [-0.2, 0) is 4.74 Å². The van der Waals surface area contributed by atoms with Crippen molar-refractivity contribution in [3.8, 4) is 0 Å². The van der Waals surface area contributed by atoms with E-state index in [1.54, 1.807) is 13.4 Å². The molecule has 0 bridgehead atoms. The Morgan fingerprint density at radius 3 is 3.06 bits per heavy atom. The van der Waals surface area contributed by atoms with Gasteiger partial charge in [-0.25, -0.2) is 9.97 Å². The summed E-state index contributed by atoms with van der Waals surface area (Å²) in [6.07, 6.45) is 4.13. The summed E-state index contributed by atoms with van der Waals surface area (Å²) >= 11 is 3.55. The second kappa shape index (κ2) is 5.64. The molecule has 0 aliphatic carbocycles. The van der Waals surface area contributed by atoms with Crippen molar-refractivity contribution in [3.63, 3.8) is 0 Å². The molecule has 1 saturated heterocycles. The molecule has 1 unspecified atom stereocenters. The molecule has 1 N–H and O–H groups in total. The highest BCUT2D eigenvalue weighted by atomic mass is 79.9. The molecule has 94 valence electrons. The van der Waals surface area contributed by atoms with E-state index in [1.165, 1.54) is 0 Å². The first-order valence-electron chi connectivity index (χ1n) is 5.72. The van der Waals surface area contributed by atoms with Gasteiger partial charge in [-0.3, -0.25) is 0 Å². The first-order chi connectivity index (χ1) is 8.26. The summed E-state index contributed by atoms with van der Waals surface area (Å²) in [5.74, 6) is 1.75. The summed E-state index contributed by atoms with van der Waals surface area (Å²) in [7, 11) is 3.62. The van der Waals surface area contributed by atoms with Crippen molar-refractivity contribution >= 4 is 27.6 Å². The van der Waals surface area contributed by atoms with E-state index in [-0.39, 0.29) is 0 Å². The Hall–Kier alpha value is -0.880. The van der Waals surface area contributed by atoms with Crippen LogP contribution in [0.4, 0.5) is 11.6 Å². The Kier molecular flexibility index (Phi) is 4.17. The molecule has 0 spiro atoms. The molecule has 1 fully saturated rings. The third kappa shape index (κ3) is 2.69. The maximum absolute atomic E-state index is 5.42. The van der Waals surface area contributed by atoms with Crippen LogP contribution in [-0.4, -0.2) is 43.3 Å². The Balaban J connectivity index is 2.21. The number of ether oxygens (including phenoxy) is 1. The quantitative estimate of drug-likeness (QED) is 0.924. The molecule has 0 amide bonds. The van der Waals surface area contributed by atoms with Gasteiger partial charge in [-0.15, -0.1) is 0 Å². The van der Waals surface area contributed by atoms with Gasteiger partial charge in [0.15, 0.2) is 0 Å². The van der Waals surface area contributed by atoms with Gasteiger partial charge in [0.2, 0.25) is 0 Å². The van der Waals surface area contributed by atoms with Gasteiger partial charge >= 0.3 is 0 Å². The summed E-state index contributed by atoms with van der Waals surface area (Å²) in [5.41, 5.74) is 0. The zero-order valence-electron chi connectivity index (χ0n) is 10.1. The van der Waals surface area contributed by atoms with Crippen LogP contribution < -0.4 is 10.2 Å². The summed E-state index contributed by atoms with van der Waals surface area (Å²) in [5, 5.41) is 3.04. The number of rotatable bonds is 3. The smallest absolute Gasteiger partial charge is 0.148 e. The maximum atomic E-state index is 5.42. The minimum Gasteiger partial charge on any atom is -0.380 e. The molecule has 2 rings (SSSR count). The first-order valence-corrected chi connectivity index (χ1v) is 6.51. The number of nitrogens with zero attached hydrogens (tertiary/aromatic N) is 3. The number of hydrogen-bond donors (Lipinski definition) is 1. The van der Waals surface area contributed by atoms with Gasteiger partial charge < -0.3 is 15.0 Å². The van der Waals surface area contributed by atoms with Crippen LogP contribution >= 0.6 is 15.9 Å². The summed E-state index contributed by atoms with van der Waals surface area (Å²) < 4.78 is 6.34. The molecule has 5 nitrogen and oxygen atoms in total. The second-order valence-corrected chi connectivity index (χ2v) is 4.85. The van der Waals surface area contributed by atoms with Gasteiger partial charge in [0.05, 0.1) is 6.10 Å². The Morgan fingerprint density at radius 1 is 1.53 bits per heavy atom. The summed E-state index contributed by atoms with van der Waals surface area (Å²) in [6, 6.07) is 0. The third-order valence-electron chi connectivity index (χ3n) is 3.02. The van der Waals surface area contributed by atoms with Gasteiger partial charge in [0.1, 0.15) is 22.4 Å². The Labute approximate surface area is 110 Å². The lowest BCUT2D eigenvalue weighted by Gasteiger charge is -2.33. The number of piperidine rings is 1. The summed E-state index contributed by atoms with van der Waals surface area (Å²) in [4.78, 5) is 10.8. The molecule has 1 aromatic heterocycles. The van der Waals surface area contributed by atoms with Crippen molar-refractivity contribution in [2.24, 2.45) is 0 Å². The van der Waals surface area contributed by atoms with Crippen LogP contribution in [0.5, 0.6) is 0 Å². The van der Waals surface area contributed by atoms with Crippen LogP contribution in [0.3, 0.4) is 0 Å². The van der Waals surface area contributed by atoms with Crippen molar-refractivity contribution < 1.29 is 4.74 Å². The molecule has 2 heterocycles. The van der Waals surface area contributed by atoms with E-state index in [4.69, 9.17) is 4.74 Å². The zero-order chi connectivity index (χ0) is 12.3. The topological polar surface area (TPSA) is 50.3 Å². The second-order valence-electron chi connectivity index (χ2n) is 4.06. The number of anilines is 2. The predicted octanol–water partition coefficient (Wildman–Crippen LogP) is 1.90. The van der Waals surface area contributed by atoms with Crippen molar-refractivity contribution in [1.82, 2.24) is 9.97 Å². The normalized spacial score (nSPS) is 20.4. The highest BCUT2D eigenvalue weighted by molar-refractivity contribution is 9.10. The molecule has 1 atom stereocenters. The molecule has 6 heteroatoms. The predicted molar refractivity (Wildman–Crippen MR) is 71.5 cm³/mol. The lowest BCUT2D eigenvalue weighted by molar-refractivity contribution is 0.0891. The Bertz CT molecular complexity index is 388. The van der Waals surface area contributed by atoms with Crippen molar-refractivity contribution in [1.29, 1.82) is 0 Å². The van der Waals surface area contributed by atoms with E-state index in [2.05, 4.69) is 36.1 Å². The van der Waals surface area contributed by atoms with Crippen LogP contribution in [0.1, 0.15) is 12.8 Å². The highest BCUT2D eigenvalue weighted by Crippen LogP contribution is 2.31. The fraction of sp³-hybridized carbons (Fsp3) is 0.636. The number of methoxy groups -OCH3 is 1. The summed E-state index contributed by atoms with van der Waals surface area (Å²) in [6.45, 7) is 1.90. The minimum absolute atomic E-state index is 0.295. The molecule has 17 heavy (non-hydrogen) atoms. The van der Waals surface area contributed by atoms with Crippen molar-refractivity contribution in [2.45, 2.75) is 18.9 Å². The highest BCUT2D eigenvalue weighted by Gasteiger charge is 2.23. The fourth-order valence-corrected chi connectivity index (χ4v) is 2.73. The van der Waals surface area contributed by atoms with E-state index in [1.807, 2.05) is 7.05 Å². The molecule has 0 saturated carbocycles. The largest absolute Gasteiger partial charge is 0.380 e.